The summed E-state index contributed by atoms with van der Waals surface area (Å²) in [6, 6.07) is 4.21. The van der Waals surface area contributed by atoms with E-state index in [4.69, 9.17) is 5.73 Å². The van der Waals surface area contributed by atoms with Crippen LogP contribution in [0.1, 0.15) is 50.0 Å². The number of halogens is 2. The van der Waals surface area contributed by atoms with E-state index in [1.165, 1.54) is 37.8 Å². The molecule has 1 nitrogen and oxygen atoms in total. The van der Waals surface area contributed by atoms with Gasteiger partial charge in [0.05, 0.1) is 0 Å². The molecule has 1 aliphatic rings. The van der Waals surface area contributed by atoms with Crippen molar-refractivity contribution in [3.63, 3.8) is 0 Å². The van der Waals surface area contributed by atoms with Crippen LogP contribution in [-0.2, 0) is 0 Å². The Morgan fingerprint density at radius 1 is 1.06 bits per heavy atom. The molecule has 0 radical (unpaired) electrons. The summed E-state index contributed by atoms with van der Waals surface area (Å²) in [6.45, 7) is 0.510. The topological polar surface area (TPSA) is 26.0 Å². The second-order valence-electron chi connectivity index (χ2n) is 5.27. The highest BCUT2D eigenvalue weighted by molar-refractivity contribution is 5.23. The van der Waals surface area contributed by atoms with Gasteiger partial charge >= 0.3 is 0 Å². The number of benzene rings is 1. The third-order valence-electron chi connectivity index (χ3n) is 4.09. The average molecular weight is 253 g/mol. The van der Waals surface area contributed by atoms with Crippen LogP contribution in [-0.4, -0.2) is 6.54 Å². The third kappa shape index (κ3) is 3.08. The summed E-state index contributed by atoms with van der Waals surface area (Å²) in [7, 11) is 0. The van der Waals surface area contributed by atoms with E-state index in [2.05, 4.69) is 0 Å². The Labute approximate surface area is 107 Å². The smallest absolute Gasteiger partial charge is 0.159 e. The molecule has 0 aromatic heterocycles. The fourth-order valence-electron chi connectivity index (χ4n) is 3.06. The van der Waals surface area contributed by atoms with Gasteiger partial charge in [-0.15, -0.1) is 0 Å². The van der Waals surface area contributed by atoms with Crippen molar-refractivity contribution in [1.29, 1.82) is 0 Å². The van der Waals surface area contributed by atoms with Crippen LogP contribution in [0.15, 0.2) is 18.2 Å². The molecule has 3 heteroatoms. The van der Waals surface area contributed by atoms with Crippen molar-refractivity contribution in [2.45, 2.75) is 44.4 Å². The molecule has 18 heavy (non-hydrogen) atoms. The third-order valence-corrected chi connectivity index (χ3v) is 4.09. The number of rotatable bonds is 3. The summed E-state index contributed by atoms with van der Waals surface area (Å²) in [5.74, 6) is -0.865. The number of hydrogen-bond acceptors (Lipinski definition) is 1. The second kappa shape index (κ2) is 6.28. The first-order chi connectivity index (χ1) is 8.72. The lowest BCUT2D eigenvalue weighted by atomic mass is 9.81. The van der Waals surface area contributed by atoms with Crippen molar-refractivity contribution in [1.82, 2.24) is 0 Å². The van der Waals surface area contributed by atoms with E-state index < -0.39 is 11.6 Å². The predicted octanol–water partition coefficient (Wildman–Crippen LogP) is 3.98. The minimum atomic E-state index is -0.782. The highest BCUT2D eigenvalue weighted by Gasteiger charge is 2.23. The molecule has 1 atom stereocenters. The van der Waals surface area contributed by atoms with E-state index >= 15 is 0 Å². The van der Waals surface area contributed by atoms with Crippen molar-refractivity contribution in [3.8, 4) is 0 Å². The highest BCUT2D eigenvalue weighted by atomic mass is 19.2. The summed E-state index contributed by atoms with van der Waals surface area (Å²) >= 11 is 0. The van der Waals surface area contributed by atoms with Crippen LogP contribution in [0.4, 0.5) is 8.78 Å². The lowest BCUT2D eigenvalue weighted by molar-refractivity contribution is 0.378. The van der Waals surface area contributed by atoms with E-state index in [9.17, 15) is 8.78 Å². The van der Waals surface area contributed by atoms with Gasteiger partial charge in [-0.2, -0.15) is 0 Å². The second-order valence-corrected chi connectivity index (χ2v) is 5.27. The summed E-state index contributed by atoms with van der Waals surface area (Å²) in [5, 5.41) is 0. The SMILES string of the molecule is NCC(c1ccc(F)c(F)c1)C1CCCCCC1. The fraction of sp³-hybridized carbons (Fsp3) is 0.600. The Balaban J connectivity index is 2.17. The van der Waals surface area contributed by atoms with Gasteiger partial charge in [0.15, 0.2) is 11.6 Å². The maximum atomic E-state index is 13.3. The van der Waals surface area contributed by atoms with Gasteiger partial charge in [-0.25, -0.2) is 8.78 Å². The summed E-state index contributed by atoms with van der Waals surface area (Å²) < 4.78 is 26.3. The highest BCUT2D eigenvalue weighted by Crippen LogP contribution is 2.34. The van der Waals surface area contributed by atoms with E-state index in [-0.39, 0.29) is 5.92 Å². The zero-order valence-corrected chi connectivity index (χ0v) is 10.7. The number of nitrogens with two attached hydrogens (primary N) is 1. The molecule has 0 spiro atoms. The summed E-state index contributed by atoms with van der Waals surface area (Å²) in [4.78, 5) is 0. The lowest BCUT2D eigenvalue weighted by Gasteiger charge is -2.25. The van der Waals surface area contributed by atoms with Crippen molar-refractivity contribution < 1.29 is 8.78 Å². The minimum Gasteiger partial charge on any atom is -0.330 e. The molecule has 1 fully saturated rings. The minimum absolute atomic E-state index is 0.165. The average Bonchev–Trinajstić information content (AvgIpc) is 2.64. The molecule has 0 aliphatic heterocycles. The molecule has 0 saturated heterocycles. The lowest BCUT2D eigenvalue weighted by Crippen LogP contribution is -2.21. The van der Waals surface area contributed by atoms with E-state index in [1.54, 1.807) is 6.07 Å². The first kappa shape index (κ1) is 13.5. The van der Waals surface area contributed by atoms with Crippen molar-refractivity contribution >= 4 is 0 Å². The van der Waals surface area contributed by atoms with E-state index in [1.807, 2.05) is 0 Å². The van der Waals surface area contributed by atoms with Gasteiger partial charge < -0.3 is 5.73 Å². The Hall–Kier alpha value is -0.960. The zero-order chi connectivity index (χ0) is 13.0. The molecule has 1 aromatic carbocycles. The molecule has 0 bridgehead atoms. The standard InChI is InChI=1S/C15H21F2N/c16-14-8-7-12(9-15(14)17)13(10-18)11-5-3-1-2-4-6-11/h7-9,11,13H,1-6,10,18H2. The Bertz CT molecular complexity index is 384. The molecule has 2 N–H and O–H groups in total. The summed E-state index contributed by atoms with van der Waals surface area (Å²) in [5.41, 5.74) is 6.71. The van der Waals surface area contributed by atoms with Crippen molar-refractivity contribution in [2.24, 2.45) is 11.7 Å². The van der Waals surface area contributed by atoms with Crippen LogP contribution >= 0.6 is 0 Å². The van der Waals surface area contributed by atoms with Crippen LogP contribution < -0.4 is 5.73 Å². The largest absolute Gasteiger partial charge is 0.330 e. The van der Waals surface area contributed by atoms with Gasteiger partial charge in [-0.1, -0.05) is 31.7 Å². The van der Waals surface area contributed by atoms with Crippen molar-refractivity contribution in [2.75, 3.05) is 6.54 Å². The van der Waals surface area contributed by atoms with Gasteiger partial charge in [0.2, 0.25) is 0 Å². The van der Waals surface area contributed by atoms with Gasteiger partial charge in [0, 0.05) is 0 Å². The Kier molecular flexibility index (Phi) is 4.70. The van der Waals surface area contributed by atoms with Crippen LogP contribution in [0.25, 0.3) is 0 Å². The molecule has 0 amide bonds. The first-order valence-corrected chi connectivity index (χ1v) is 6.87. The van der Waals surface area contributed by atoms with Gasteiger partial charge in [-0.3, -0.25) is 0 Å². The Morgan fingerprint density at radius 3 is 2.28 bits per heavy atom. The van der Waals surface area contributed by atoms with Crippen LogP contribution in [0.5, 0.6) is 0 Å². The summed E-state index contributed by atoms with van der Waals surface area (Å²) in [6.07, 6.45) is 7.33. The molecule has 1 saturated carbocycles. The van der Waals surface area contributed by atoms with Crippen LogP contribution in [0, 0.1) is 17.6 Å². The van der Waals surface area contributed by atoms with Crippen LogP contribution in [0.3, 0.4) is 0 Å². The quantitative estimate of drug-likeness (QED) is 0.810. The maximum absolute atomic E-state index is 13.3. The normalized spacial score (nSPS) is 19.5. The molecular formula is C15H21F2N. The predicted molar refractivity (Wildman–Crippen MR) is 69.3 cm³/mol. The zero-order valence-electron chi connectivity index (χ0n) is 10.7. The molecule has 1 unspecified atom stereocenters. The molecule has 1 aliphatic carbocycles. The molecule has 100 valence electrons. The first-order valence-electron chi connectivity index (χ1n) is 6.87. The van der Waals surface area contributed by atoms with Gasteiger partial charge in [0.25, 0.3) is 0 Å². The maximum Gasteiger partial charge on any atom is 0.159 e. The molecule has 0 heterocycles. The van der Waals surface area contributed by atoms with Gasteiger partial charge in [-0.05, 0) is 48.9 Å². The molecule has 2 rings (SSSR count). The molecule has 1 aromatic rings. The van der Waals surface area contributed by atoms with E-state index in [0.717, 1.165) is 18.4 Å². The molecular weight excluding hydrogens is 232 g/mol. The van der Waals surface area contributed by atoms with Gasteiger partial charge in [0.1, 0.15) is 0 Å². The van der Waals surface area contributed by atoms with Crippen LogP contribution in [0.2, 0.25) is 0 Å². The van der Waals surface area contributed by atoms with Crippen molar-refractivity contribution in [3.05, 3.63) is 35.4 Å². The fourth-order valence-corrected chi connectivity index (χ4v) is 3.06. The monoisotopic (exact) mass is 253 g/mol. The Morgan fingerprint density at radius 2 is 1.72 bits per heavy atom. The van der Waals surface area contributed by atoms with E-state index in [0.29, 0.717) is 12.5 Å². The number of hydrogen-bond donors (Lipinski definition) is 1.